The molecule has 1 aliphatic rings. The van der Waals surface area contributed by atoms with Gasteiger partial charge in [-0.05, 0) is 39.5 Å². The molecule has 0 saturated carbocycles. The number of likely N-dealkylation sites (tertiary alicyclic amines) is 1. The zero-order valence-corrected chi connectivity index (χ0v) is 14.2. The highest BCUT2D eigenvalue weighted by atomic mass is 16.5. The second kappa shape index (κ2) is 6.19. The van der Waals surface area contributed by atoms with Crippen molar-refractivity contribution in [3.63, 3.8) is 0 Å². The van der Waals surface area contributed by atoms with E-state index in [0.29, 0.717) is 17.4 Å². The van der Waals surface area contributed by atoms with Gasteiger partial charge in [0.1, 0.15) is 0 Å². The van der Waals surface area contributed by atoms with Crippen LogP contribution in [0.4, 0.5) is 0 Å². The molecule has 1 unspecified atom stereocenters. The Hall–Kier alpha value is -2.10. The fourth-order valence-corrected chi connectivity index (χ4v) is 3.68. The largest absolute Gasteiger partial charge is 0.355 e. The second-order valence-corrected chi connectivity index (χ2v) is 6.93. The van der Waals surface area contributed by atoms with Gasteiger partial charge in [0.15, 0.2) is 11.5 Å². The number of benzene rings is 1. The summed E-state index contributed by atoms with van der Waals surface area (Å²) in [5, 5.41) is 4.01. The maximum Gasteiger partial charge on any atom is 0.276 e. The zero-order valence-electron chi connectivity index (χ0n) is 14.2. The van der Waals surface area contributed by atoms with Crippen LogP contribution in [0.25, 0.3) is 11.3 Å². The Balaban J connectivity index is 1.82. The number of hydrogen-bond donors (Lipinski definition) is 0. The number of carbonyl (C=O) groups excluding carboxylic acids is 1. The van der Waals surface area contributed by atoms with E-state index < -0.39 is 0 Å². The molecule has 4 heteroatoms. The molecule has 3 atom stereocenters. The lowest BCUT2D eigenvalue weighted by molar-refractivity contribution is 0.0424. The van der Waals surface area contributed by atoms with Crippen LogP contribution in [0, 0.1) is 12.8 Å². The molecule has 2 aromatic rings. The van der Waals surface area contributed by atoms with Gasteiger partial charge in [0, 0.05) is 23.7 Å². The third-order valence-corrected chi connectivity index (χ3v) is 4.74. The van der Waals surface area contributed by atoms with E-state index in [1.165, 1.54) is 5.56 Å². The minimum absolute atomic E-state index is 0.0287. The number of carbonyl (C=O) groups is 1. The highest BCUT2D eigenvalue weighted by Crippen LogP contribution is 2.29. The molecule has 1 amide bonds. The van der Waals surface area contributed by atoms with Crippen molar-refractivity contribution in [3.8, 4) is 11.3 Å². The van der Waals surface area contributed by atoms with Crippen LogP contribution < -0.4 is 0 Å². The van der Waals surface area contributed by atoms with Crippen molar-refractivity contribution in [2.45, 2.75) is 52.6 Å². The summed E-state index contributed by atoms with van der Waals surface area (Å²) in [7, 11) is 0. The van der Waals surface area contributed by atoms with Gasteiger partial charge in [-0.3, -0.25) is 4.79 Å². The smallest absolute Gasteiger partial charge is 0.276 e. The molecular weight excluding hydrogens is 288 g/mol. The first kappa shape index (κ1) is 15.8. The highest BCUT2D eigenvalue weighted by Gasteiger charge is 2.34. The summed E-state index contributed by atoms with van der Waals surface area (Å²) >= 11 is 0. The third kappa shape index (κ3) is 3.16. The predicted molar refractivity (Wildman–Crippen MR) is 90.2 cm³/mol. The number of aromatic nitrogens is 1. The summed E-state index contributed by atoms with van der Waals surface area (Å²) in [6.45, 7) is 8.52. The van der Waals surface area contributed by atoms with Crippen molar-refractivity contribution < 1.29 is 9.32 Å². The van der Waals surface area contributed by atoms with E-state index in [4.69, 9.17) is 4.52 Å². The van der Waals surface area contributed by atoms with Gasteiger partial charge in [-0.2, -0.15) is 0 Å². The van der Waals surface area contributed by atoms with Crippen molar-refractivity contribution in [2.24, 2.45) is 5.92 Å². The average Bonchev–Trinajstić information content (AvgIpc) is 2.96. The van der Waals surface area contributed by atoms with Gasteiger partial charge in [-0.1, -0.05) is 41.9 Å². The van der Waals surface area contributed by atoms with E-state index in [-0.39, 0.29) is 18.0 Å². The number of nitrogens with zero attached hydrogens (tertiary/aromatic N) is 2. The Bertz CT molecular complexity index is 678. The van der Waals surface area contributed by atoms with Crippen molar-refractivity contribution in [1.29, 1.82) is 0 Å². The molecule has 122 valence electrons. The van der Waals surface area contributed by atoms with E-state index in [0.717, 1.165) is 18.4 Å². The number of piperidine rings is 1. The van der Waals surface area contributed by atoms with Gasteiger partial charge in [-0.15, -0.1) is 0 Å². The zero-order chi connectivity index (χ0) is 16.6. The molecule has 0 radical (unpaired) electrons. The third-order valence-electron chi connectivity index (χ3n) is 4.74. The fraction of sp³-hybridized carbons (Fsp3) is 0.474. The SMILES string of the molecule is Cc1ccc(-c2cc(C(=O)N3[C@H](C)CC(C)C[C@@H]3C)no2)cc1. The molecule has 4 nitrogen and oxygen atoms in total. The molecule has 23 heavy (non-hydrogen) atoms. The predicted octanol–water partition coefficient (Wildman–Crippen LogP) is 4.30. The summed E-state index contributed by atoms with van der Waals surface area (Å²) in [6.07, 6.45) is 2.08. The second-order valence-electron chi connectivity index (χ2n) is 6.93. The average molecular weight is 312 g/mol. The lowest BCUT2D eigenvalue weighted by Gasteiger charge is -2.41. The van der Waals surface area contributed by atoms with E-state index >= 15 is 0 Å². The molecule has 3 rings (SSSR count). The topological polar surface area (TPSA) is 46.3 Å². The number of aryl methyl sites for hydroxylation is 1. The minimum Gasteiger partial charge on any atom is -0.355 e. The van der Waals surface area contributed by atoms with Crippen molar-refractivity contribution in [1.82, 2.24) is 10.1 Å². The summed E-state index contributed by atoms with van der Waals surface area (Å²) in [4.78, 5) is 14.8. The molecule has 1 aromatic heterocycles. The van der Waals surface area contributed by atoms with E-state index in [9.17, 15) is 4.79 Å². The Morgan fingerprint density at radius 2 is 1.74 bits per heavy atom. The highest BCUT2D eigenvalue weighted by molar-refractivity contribution is 5.93. The molecule has 0 aliphatic carbocycles. The van der Waals surface area contributed by atoms with Crippen molar-refractivity contribution >= 4 is 5.91 Å². The maximum atomic E-state index is 12.8. The summed E-state index contributed by atoms with van der Waals surface area (Å²) in [6, 6.07) is 10.2. The Morgan fingerprint density at radius 1 is 1.13 bits per heavy atom. The van der Waals surface area contributed by atoms with Gasteiger partial charge in [-0.25, -0.2) is 0 Å². The van der Waals surface area contributed by atoms with E-state index in [1.807, 2.05) is 36.1 Å². The van der Waals surface area contributed by atoms with Crippen LogP contribution >= 0.6 is 0 Å². The first-order chi connectivity index (χ1) is 11.0. The molecule has 1 aliphatic heterocycles. The molecule has 1 saturated heterocycles. The van der Waals surface area contributed by atoms with Crippen molar-refractivity contribution in [3.05, 3.63) is 41.6 Å². The van der Waals surface area contributed by atoms with Crippen molar-refractivity contribution in [2.75, 3.05) is 0 Å². The number of hydrogen-bond acceptors (Lipinski definition) is 3. The lowest BCUT2D eigenvalue weighted by Crippen LogP contribution is -2.49. The van der Waals surface area contributed by atoms with Gasteiger partial charge >= 0.3 is 0 Å². The van der Waals surface area contributed by atoms with Crippen LogP contribution in [-0.2, 0) is 0 Å². The summed E-state index contributed by atoms with van der Waals surface area (Å²) in [5.41, 5.74) is 2.53. The molecule has 1 fully saturated rings. The van der Waals surface area contributed by atoms with Gasteiger partial charge < -0.3 is 9.42 Å². The molecule has 0 bridgehead atoms. The monoisotopic (exact) mass is 312 g/mol. The first-order valence-corrected chi connectivity index (χ1v) is 8.32. The standard InChI is InChI=1S/C19H24N2O2/c1-12-5-7-16(8-6-12)18-11-17(20-23-18)19(22)21-14(3)9-13(2)10-15(21)4/h5-8,11,13-15H,9-10H2,1-4H3/t13?,14-,15+. The number of rotatable bonds is 2. The Morgan fingerprint density at radius 3 is 2.35 bits per heavy atom. The number of amides is 1. The Labute approximate surface area is 137 Å². The van der Waals surface area contributed by atoms with Crippen LogP contribution in [0.15, 0.2) is 34.9 Å². The summed E-state index contributed by atoms with van der Waals surface area (Å²) < 4.78 is 5.40. The van der Waals surface area contributed by atoms with Gasteiger partial charge in [0.05, 0.1) is 0 Å². The maximum absolute atomic E-state index is 12.8. The van der Waals surface area contributed by atoms with Gasteiger partial charge in [0.2, 0.25) is 0 Å². The first-order valence-electron chi connectivity index (χ1n) is 8.32. The van der Waals surface area contributed by atoms with Crippen LogP contribution in [0.1, 0.15) is 49.7 Å². The van der Waals surface area contributed by atoms with Crippen LogP contribution in [0.5, 0.6) is 0 Å². The normalized spacial score (nSPS) is 24.7. The van der Waals surface area contributed by atoms with Crippen LogP contribution in [0.2, 0.25) is 0 Å². The van der Waals surface area contributed by atoms with E-state index in [1.54, 1.807) is 6.07 Å². The molecule has 0 spiro atoms. The quantitative estimate of drug-likeness (QED) is 0.830. The fourth-order valence-electron chi connectivity index (χ4n) is 3.68. The Kier molecular flexibility index (Phi) is 4.24. The van der Waals surface area contributed by atoms with Crippen LogP contribution in [-0.4, -0.2) is 28.0 Å². The molecular formula is C19H24N2O2. The molecule has 0 N–H and O–H groups in total. The van der Waals surface area contributed by atoms with E-state index in [2.05, 4.69) is 25.9 Å². The van der Waals surface area contributed by atoms with Gasteiger partial charge in [0.25, 0.3) is 5.91 Å². The summed E-state index contributed by atoms with van der Waals surface area (Å²) in [5.74, 6) is 1.27. The minimum atomic E-state index is -0.0287. The lowest BCUT2D eigenvalue weighted by atomic mass is 9.88. The molecule has 2 heterocycles. The van der Waals surface area contributed by atoms with Crippen LogP contribution in [0.3, 0.4) is 0 Å². The molecule has 1 aromatic carbocycles.